The van der Waals surface area contributed by atoms with E-state index in [2.05, 4.69) is 4.74 Å². The third kappa shape index (κ3) is 1.52. The van der Waals surface area contributed by atoms with E-state index in [1.807, 2.05) is 24.3 Å². The van der Waals surface area contributed by atoms with E-state index in [9.17, 15) is 14.7 Å². The predicted octanol–water partition coefficient (Wildman–Crippen LogP) is 2.30. The predicted molar refractivity (Wildman–Crippen MR) is 67.3 cm³/mol. The molecule has 0 atom stereocenters. The van der Waals surface area contributed by atoms with E-state index in [0.29, 0.717) is 5.56 Å². The number of benzene rings is 1. The molecule has 0 aliphatic carbocycles. The van der Waals surface area contributed by atoms with Gasteiger partial charge in [0.25, 0.3) is 0 Å². The topological polar surface area (TPSA) is 63.6 Å². The van der Waals surface area contributed by atoms with Crippen molar-refractivity contribution in [3.8, 4) is 0 Å². The number of thiophene rings is 1. The summed E-state index contributed by atoms with van der Waals surface area (Å²) in [5.74, 6) is -1.83. The van der Waals surface area contributed by atoms with E-state index in [1.165, 1.54) is 11.3 Å². The van der Waals surface area contributed by atoms with Gasteiger partial charge in [-0.3, -0.25) is 4.79 Å². The van der Waals surface area contributed by atoms with Crippen LogP contribution < -0.4 is 0 Å². The number of aliphatic hydroxyl groups excluding tert-OH is 1. The van der Waals surface area contributed by atoms with Crippen molar-refractivity contribution >= 4 is 38.7 Å². The van der Waals surface area contributed by atoms with Crippen LogP contribution in [0, 0.1) is 0 Å². The highest BCUT2D eigenvalue weighted by Crippen LogP contribution is 2.33. The molecule has 0 radical (unpaired) electrons. The lowest BCUT2D eigenvalue weighted by Crippen LogP contribution is -2.25. The maximum absolute atomic E-state index is 11.8. The summed E-state index contributed by atoms with van der Waals surface area (Å²) >= 11 is 1.46. The van der Waals surface area contributed by atoms with Gasteiger partial charge in [-0.1, -0.05) is 18.2 Å². The number of ketones is 1. The summed E-state index contributed by atoms with van der Waals surface area (Å²) < 4.78 is 5.55. The largest absolute Gasteiger partial charge is 0.501 e. The molecule has 1 aliphatic heterocycles. The van der Waals surface area contributed by atoms with Gasteiger partial charge >= 0.3 is 5.97 Å². The molecule has 1 aliphatic rings. The van der Waals surface area contributed by atoms with Crippen LogP contribution in [0.3, 0.4) is 0 Å². The molecule has 0 spiro atoms. The molecule has 90 valence electrons. The van der Waals surface area contributed by atoms with Gasteiger partial charge in [-0.25, -0.2) is 4.79 Å². The van der Waals surface area contributed by atoms with Crippen molar-refractivity contribution in [3.05, 3.63) is 41.0 Å². The fourth-order valence-corrected chi connectivity index (χ4v) is 2.91. The van der Waals surface area contributed by atoms with Crippen LogP contribution in [0.4, 0.5) is 0 Å². The average Bonchev–Trinajstić information content (AvgIpc) is 2.79. The van der Waals surface area contributed by atoms with Gasteiger partial charge in [-0.2, -0.15) is 0 Å². The number of rotatable bonds is 1. The van der Waals surface area contributed by atoms with Crippen LogP contribution in [0.5, 0.6) is 0 Å². The zero-order valence-electron chi connectivity index (χ0n) is 9.17. The normalized spacial score (nSPS) is 16.2. The Balaban J connectivity index is 2.28. The number of carbonyl (C=O) groups excluding carboxylic acids is 2. The molecule has 1 N–H and O–H groups in total. The van der Waals surface area contributed by atoms with Crippen molar-refractivity contribution in [2.45, 2.75) is 0 Å². The summed E-state index contributed by atoms with van der Waals surface area (Å²) in [6, 6.07) is 7.52. The Morgan fingerprint density at radius 3 is 2.83 bits per heavy atom. The number of carbonyl (C=O) groups is 2. The van der Waals surface area contributed by atoms with E-state index in [-0.39, 0.29) is 18.0 Å². The Morgan fingerprint density at radius 1 is 1.22 bits per heavy atom. The van der Waals surface area contributed by atoms with E-state index < -0.39 is 11.7 Å². The van der Waals surface area contributed by atoms with Crippen molar-refractivity contribution in [3.63, 3.8) is 0 Å². The fraction of sp³-hybridized carbons (Fsp3) is 0.0769. The summed E-state index contributed by atoms with van der Waals surface area (Å²) in [5.41, 5.74) is 0.651. The molecule has 1 aromatic heterocycles. The number of ether oxygens (including phenoxy) is 1. The number of Topliss-reactive ketones (excluding diaryl/α,β-unsaturated/α-hetero) is 1. The van der Waals surface area contributed by atoms with Gasteiger partial charge in [0.2, 0.25) is 11.5 Å². The van der Waals surface area contributed by atoms with Gasteiger partial charge in [0.1, 0.15) is 0 Å². The average molecular weight is 260 g/mol. The summed E-state index contributed by atoms with van der Waals surface area (Å²) in [6.07, 6.45) is 0. The highest BCUT2D eigenvalue weighted by atomic mass is 32.1. The first-order valence-corrected chi connectivity index (χ1v) is 6.16. The second-order valence-electron chi connectivity index (χ2n) is 3.87. The lowest BCUT2D eigenvalue weighted by molar-refractivity contribution is -0.147. The Kier molecular flexibility index (Phi) is 2.41. The van der Waals surface area contributed by atoms with Gasteiger partial charge in [-0.05, 0) is 6.07 Å². The molecule has 4 nitrogen and oxygen atoms in total. The lowest BCUT2D eigenvalue weighted by atomic mass is 9.98. The molecule has 0 bridgehead atoms. The lowest BCUT2D eigenvalue weighted by Gasteiger charge is -2.14. The van der Waals surface area contributed by atoms with Crippen molar-refractivity contribution in [2.24, 2.45) is 0 Å². The number of hydrogen-bond acceptors (Lipinski definition) is 5. The molecule has 0 fully saturated rings. The van der Waals surface area contributed by atoms with E-state index in [1.54, 1.807) is 5.38 Å². The Morgan fingerprint density at radius 2 is 2.00 bits per heavy atom. The minimum Gasteiger partial charge on any atom is -0.501 e. The summed E-state index contributed by atoms with van der Waals surface area (Å²) in [7, 11) is 0. The summed E-state index contributed by atoms with van der Waals surface area (Å²) in [6.45, 7) is -0.317. The second-order valence-corrected chi connectivity index (χ2v) is 4.78. The number of hydrogen-bond donors (Lipinski definition) is 1. The van der Waals surface area contributed by atoms with Gasteiger partial charge in [0.05, 0.1) is 5.57 Å². The molecule has 18 heavy (non-hydrogen) atoms. The maximum Gasteiger partial charge on any atom is 0.374 e. The molecule has 2 heterocycles. The molecule has 5 heteroatoms. The van der Waals surface area contributed by atoms with Gasteiger partial charge < -0.3 is 9.84 Å². The van der Waals surface area contributed by atoms with Crippen LogP contribution in [0.1, 0.15) is 5.56 Å². The van der Waals surface area contributed by atoms with E-state index >= 15 is 0 Å². The van der Waals surface area contributed by atoms with Crippen molar-refractivity contribution in [2.75, 3.05) is 6.61 Å². The van der Waals surface area contributed by atoms with Crippen molar-refractivity contribution < 1.29 is 19.4 Å². The zero-order chi connectivity index (χ0) is 12.7. The first-order valence-electron chi connectivity index (χ1n) is 5.28. The summed E-state index contributed by atoms with van der Waals surface area (Å²) in [5, 5.41) is 12.4. The quantitative estimate of drug-likeness (QED) is 0.799. The van der Waals surface area contributed by atoms with Crippen LogP contribution in [-0.4, -0.2) is 23.5 Å². The van der Waals surface area contributed by atoms with Crippen LogP contribution in [0.2, 0.25) is 0 Å². The first kappa shape index (κ1) is 11.0. The molecule has 1 aromatic carbocycles. The molecular formula is C13H8O4S. The second kappa shape index (κ2) is 3.96. The monoisotopic (exact) mass is 260 g/mol. The molecule has 3 rings (SSSR count). The highest BCUT2D eigenvalue weighted by Gasteiger charge is 2.30. The fourth-order valence-electron chi connectivity index (χ4n) is 1.95. The van der Waals surface area contributed by atoms with Crippen LogP contribution in [-0.2, 0) is 14.3 Å². The minimum atomic E-state index is -0.847. The molecule has 0 saturated carbocycles. The van der Waals surface area contributed by atoms with Crippen molar-refractivity contribution in [1.82, 2.24) is 0 Å². The van der Waals surface area contributed by atoms with Crippen molar-refractivity contribution in [1.29, 1.82) is 0 Å². The van der Waals surface area contributed by atoms with Gasteiger partial charge in [0, 0.05) is 21.0 Å². The molecular weight excluding hydrogens is 252 g/mol. The summed E-state index contributed by atoms with van der Waals surface area (Å²) in [4.78, 5) is 23.1. The first-order chi connectivity index (χ1) is 8.68. The molecule has 0 amide bonds. The van der Waals surface area contributed by atoms with E-state index in [0.717, 1.165) is 10.1 Å². The number of cyclic esters (lactones) is 1. The van der Waals surface area contributed by atoms with Crippen LogP contribution >= 0.6 is 11.3 Å². The Labute approximate surface area is 106 Å². The van der Waals surface area contributed by atoms with Crippen LogP contribution in [0.15, 0.2) is 35.4 Å². The molecule has 0 unspecified atom stereocenters. The standard InChI is InChI=1S/C13H8O4S/c14-9-5-17-13(16)12(15)11(9)8-6-18-10-4-2-1-3-7(8)10/h1-4,6,15H,5H2. The molecule has 0 saturated heterocycles. The zero-order valence-corrected chi connectivity index (χ0v) is 9.99. The minimum absolute atomic E-state index is 0.0590. The number of esters is 1. The highest BCUT2D eigenvalue weighted by molar-refractivity contribution is 7.17. The maximum atomic E-state index is 11.8. The van der Waals surface area contributed by atoms with Gasteiger partial charge in [0.15, 0.2) is 6.61 Å². The smallest absolute Gasteiger partial charge is 0.374 e. The van der Waals surface area contributed by atoms with Gasteiger partial charge in [-0.15, -0.1) is 11.3 Å². The molecule has 2 aromatic rings. The third-order valence-corrected chi connectivity index (χ3v) is 3.76. The SMILES string of the molecule is O=C1COC(=O)C(O)=C1c1csc2ccccc12. The van der Waals surface area contributed by atoms with E-state index in [4.69, 9.17) is 0 Å². The third-order valence-electron chi connectivity index (χ3n) is 2.79. The Hall–Kier alpha value is -2.14. The number of aliphatic hydroxyl groups is 1. The Bertz CT molecular complexity index is 696. The van der Waals surface area contributed by atoms with Crippen LogP contribution in [0.25, 0.3) is 15.7 Å². The number of fused-ring (bicyclic) bond motifs is 1.